The van der Waals surface area contributed by atoms with E-state index in [0.717, 1.165) is 29.2 Å². The van der Waals surface area contributed by atoms with Crippen LogP contribution < -0.4 is 5.32 Å². The highest BCUT2D eigenvalue weighted by Crippen LogP contribution is 2.20. The van der Waals surface area contributed by atoms with Crippen LogP contribution in [0.15, 0.2) is 28.5 Å². The summed E-state index contributed by atoms with van der Waals surface area (Å²) in [6.45, 7) is 2.67. The van der Waals surface area contributed by atoms with Gasteiger partial charge < -0.3 is 9.84 Å². The molecule has 0 aliphatic carbocycles. The lowest BCUT2D eigenvalue weighted by Crippen LogP contribution is -2.06. The van der Waals surface area contributed by atoms with Crippen molar-refractivity contribution in [3.05, 3.63) is 35.6 Å². The molecule has 0 radical (unpaired) electrons. The Balaban J connectivity index is 1.55. The van der Waals surface area contributed by atoms with Gasteiger partial charge in [0.15, 0.2) is 0 Å². The zero-order chi connectivity index (χ0) is 14.5. The number of rotatable bonds is 6. The highest BCUT2D eigenvalue weighted by molar-refractivity contribution is 7.13. The Morgan fingerprint density at radius 2 is 2.24 bits per heavy atom. The molecule has 0 saturated heterocycles. The number of thiazole rings is 1. The zero-order valence-electron chi connectivity index (χ0n) is 11.5. The van der Waals surface area contributed by atoms with E-state index in [2.05, 4.69) is 30.4 Å². The molecule has 0 atom stereocenters. The molecule has 0 bridgehead atoms. The summed E-state index contributed by atoms with van der Waals surface area (Å²) in [5, 5.41) is 9.86. The lowest BCUT2D eigenvalue weighted by molar-refractivity contribution is 0.383. The molecule has 0 aromatic carbocycles. The van der Waals surface area contributed by atoms with Crippen LogP contribution in [-0.2, 0) is 12.8 Å². The first kappa shape index (κ1) is 13.6. The van der Waals surface area contributed by atoms with Crippen molar-refractivity contribution in [2.75, 3.05) is 11.9 Å². The summed E-state index contributed by atoms with van der Waals surface area (Å²) in [6.07, 6.45) is 6.55. The second-order valence-corrected chi connectivity index (χ2v) is 5.13. The third-order valence-electron chi connectivity index (χ3n) is 2.77. The summed E-state index contributed by atoms with van der Waals surface area (Å²) in [5.41, 5.74) is 1.81. The molecule has 108 valence electrons. The SMILES string of the molecule is CCc1nc(NCCc2csc(-c3cnccn3)n2)no1. The van der Waals surface area contributed by atoms with E-state index in [4.69, 9.17) is 4.52 Å². The van der Waals surface area contributed by atoms with E-state index in [-0.39, 0.29) is 0 Å². The Morgan fingerprint density at radius 3 is 3.00 bits per heavy atom. The van der Waals surface area contributed by atoms with Crippen LogP contribution in [0.5, 0.6) is 0 Å². The van der Waals surface area contributed by atoms with E-state index < -0.39 is 0 Å². The molecule has 0 aliphatic rings. The standard InChI is InChI=1S/C13H14N6OS/c1-2-11-18-13(19-20-11)16-4-3-9-8-21-12(17-9)10-7-14-5-6-15-10/h5-8H,2-4H2,1H3,(H,16,19). The minimum atomic E-state index is 0.524. The van der Waals surface area contributed by atoms with Crippen molar-refractivity contribution in [1.82, 2.24) is 25.1 Å². The molecule has 3 rings (SSSR count). The molecule has 8 heteroatoms. The van der Waals surface area contributed by atoms with Crippen LogP contribution in [0.1, 0.15) is 18.5 Å². The molecule has 1 N–H and O–H groups in total. The molecule has 0 aliphatic heterocycles. The van der Waals surface area contributed by atoms with E-state index in [0.29, 0.717) is 18.4 Å². The molecule has 0 saturated carbocycles. The van der Waals surface area contributed by atoms with Gasteiger partial charge in [0.1, 0.15) is 10.7 Å². The van der Waals surface area contributed by atoms with Gasteiger partial charge in [0.25, 0.3) is 5.95 Å². The highest BCUT2D eigenvalue weighted by Gasteiger charge is 2.07. The van der Waals surface area contributed by atoms with Crippen LogP contribution in [0, 0.1) is 0 Å². The van der Waals surface area contributed by atoms with Crippen LogP contribution in [0.4, 0.5) is 5.95 Å². The van der Waals surface area contributed by atoms with Crippen LogP contribution >= 0.6 is 11.3 Å². The zero-order valence-corrected chi connectivity index (χ0v) is 12.3. The van der Waals surface area contributed by atoms with E-state index in [1.807, 2.05) is 12.3 Å². The minimum Gasteiger partial charge on any atom is -0.351 e. The summed E-state index contributed by atoms with van der Waals surface area (Å²) in [6, 6.07) is 0. The van der Waals surface area contributed by atoms with Gasteiger partial charge in [-0.2, -0.15) is 4.98 Å². The van der Waals surface area contributed by atoms with Gasteiger partial charge in [-0.05, 0) is 5.16 Å². The van der Waals surface area contributed by atoms with Gasteiger partial charge in [-0.3, -0.25) is 9.97 Å². The molecule has 0 unspecified atom stereocenters. The first-order valence-electron chi connectivity index (χ1n) is 6.62. The molecule has 0 fully saturated rings. The summed E-state index contributed by atoms with van der Waals surface area (Å²) < 4.78 is 5.03. The largest absolute Gasteiger partial charge is 0.351 e. The van der Waals surface area contributed by atoms with Gasteiger partial charge in [0.2, 0.25) is 5.89 Å². The molecule has 3 aromatic heterocycles. The van der Waals surface area contributed by atoms with Gasteiger partial charge in [-0.15, -0.1) is 11.3 Å². The van der Waals surface area contributed by atoms with Gasteiger partial charge in [0, 0.05) is 37.2 Å². The first-order valence-corrected chi connectivity index (χ1v) is 7.50. The normalized spacial score (nSPS) is 10.7. The molecule has 3 aromatic rings. The third kappa shape index (κ3) is 3.40. The van der Waals surface area contributed by atoms with Gasteiger partial charge in [-0.25, -0.2) is 4.98 Å². The molecule has 0 spiro atoms. The maximum Gasteiger partial charge on any atom is 0.263 e. The Hall–Kier alpha value is -2.35. The van der Waals surface area contributed by atoms with Crippen molar-refractivity contribution in [2.45, 2.75) is 19.8 Å². The maximum absolute atomic E-state index is 5.03. The van der Waals surface area contributed by atoms with Gasteiger partial charge in [-0.1, -0.05) is 6.92 Å². The van der Waals surface area contributed by atoms with Crippen molar-refractivity contribution >= 4 is 17.3 Å². The minimum absolute atomic E-state index is 0.524. The number of nitrogens with one attached hydrogen (secondary N) is 1. The Labute approximate surface area is 125 Å². The lowest BCUT2D eigenvalue weighted by atomic mass is 10.3. The average molecular weight is 302 g/mol. The van der Waals surface area contributed by atoms with Crippen LogP contribution in [-0.4, -0.2) is 31.6 Å². The predicted molar refractivity (Wildman–Crippen MR) is 79.0 cm³/mol. The molecule has 21 heavy (non-hydrogen) atoms. The van der Waals surface area contributed by atoms with Crippen molar-refractivity contribution < 1.29 is 4.52 Å². The lowest BCUT2D eigenvalue weighted by Gasteiger charge is -1.98. The smallest absolute Gasteiger partial charge is 0.263 e. The monoisotopic (exact) mass is 302 g/mol. The Kier molecular flexibility index (Phi) is 4.15. The second kappa shape index (κ2) is 6.40. The van der Waals surface area contributed by atoms with Gasteiger partial charge >= 0.3 is 0 Å². The Bertz CT molecular complexity index is 696. The van der Waals surface area contributed by atoms with Crippen LogP contribution in [0.3, 0.4) is 0 Å². The number of nitrogens with zero attached hydrogens (tertiary/aromatic N) is 5. The summed E-state index contributed by atoms with van der Waals surface area (Å²) >= 11 is 1.57. The number of hydrogen-bond donors (Lipinski definition) is 1. The topological polar surface area (TPSA) is 89.6 Å². The molecular formula is C13H14N6OS. The maximum atomic E-state index is 5.03. The van der Waals surface area contributed by atoms with E-state index in [1.165, 1.54) is 0 Å². The first-order chi connectivity index (χ1) is 10.3. The summed E-state index contributed by atoms with van der Waals surface area (Å²) in [4.78, 5) is 17.0. The number of hydrogen-bond acceptors (Lipinski definition) is 8. The van der Waals surface area contributed by atoms with E-state index in [9.17, 15) is 0 Å². The molecule has 3 heterocycles. The van der Waals surface area contributed by atoms with Crippen molar-refractivity contribution in [3.63, 3.8) is 0 Å². The number of aryl methyl sites for hydroxylation is 1. The summed E-state index contributed by atoms with van der Waals surface area (Å²) in [5.74, 6) is 1.16. The fourth-order valence-corrected chi connectivity index (χ4v) is 2.54. The van der Waals surface area contributed by atoms with Crippen molar-refractivity contribution in [1.29, 1.82) is 0 Å². The number of aromatic nitrogens is 5. The Morgan fingerprint density at radius 1 is 1.29 bits per heavy atom. The molecule has 0 amide bonds. The second-order valence-electron chi connectivity index (χ2n) is 4.28. The fraction of sp³-hybridized carbons (Fsp3) is 0.308. The highest BCUT2D eigenvalue weighted by atomic mass is 32.1. The average Bonchev–Trinajstić information content (AvgIpc) is 3.17. The van der Waals surface area contributed by atoms with E-state index >= 15 is 0 Å². The number of anilines is 1. The van der Waals surface area contributed by atoms with Crippen LogP contribution in [0.2, 0.25) is 0 Å². The quantitative estimate of drug-likeness (QED) is 0.746. The predicted octanol–water partition coefficient (Wildman–Crippen LogP) is 2.20. The van der Waals surface area contributed by atoms with E-state index in [1.54, 1.807) is 29.9 Å². The summed E-state index contributed by atoms with van der Waals surface area (Å²) in [7, 11) is 0. The van der Waals surface area contributed by atoms with Crippen LogP contribution in [0.25, 0.3) is 10.7 Å². The molecular weight excluding hydrogens is 288 g/mol. The van der Waals surface area contributed by atoms with Gasteiger partial charge in [0.05, 0.1) is 11.9 Å². The van der Waals surface area contributed by atoms with Crippen molar-refractivity contribution in [2.24, 2.45) is 0 Å². The molecule has 7 nitrogen and oxygen atoms in total. The van der Waals surface area contributed by atoms with Crippen molar-refractivity contribution in [3.8, 4) is 10.7 Å². The fourth-order valence-electron chi connectivity index (χ4n) is 1.72. The third-order valence-corrected chi connectivity index (χ3v) is 3.68.